The van der Waals surface area contributed by atoms with Gasteiger partial charge in [-0.25, -0.2) is 9.38 Å². The van der Waals surface area contributed by atoms with Crippen molar-refractivity contribution in [2.24, 2.45) is 10.4 Å². The number of nitrogens with one attached hydrogen (secondary N) is 2. The molecule has 37 heavy (non-hydrogen) atoms. The summed E-state index contributed by atoms with van der Waals surface area (Å²) in [5.41, 5.74) is -1.27. The molecular weight excluding hydrogens is 488 g/mol. The number of fused-ring (bicyclic) bond motifs is 2. The van der Waals surface area contributed by atoms with Crippen molar-refractivity contribution in [3.63, 3.8) is 0 Å². The summed E-state index contributed by atoms with van der Waals surface area (Å²) < 4.78 is 27.7. The van der Waals surface area contributed by atoms with Crippen LogP contribution in [0.15, 0.2) is 23.2 Å². The largest absolute Gasteiger partial charge is 0.350 e. The van der Waals surface area contributed by atoms with Crippen molar-refractivity contribution in [3.8, 4) is 0 Å². The standard InChI is InChI=1S/C25H29F2N5O5/c1-14-10-15(4-5-16(14)27)11-28-19(34)17-18(33)21(36)32-13-24(12-26)6-8-25(9-7-24,23(32)29-17)30-20(35)22(37)31(2)3/h4-5,10,17H,6-9,11-13H2,1-3H3,(H,28,34)(H,30,35). The number of halogens is 2. The van der Waals surface area contributed by atoms with Crippen molar-refractivity contribution in [2.75, 3.05) is 27.3 Å². The summed E-state index contributed by atoms with van der Waals surface area (Å²) in [4.78, 5) is 70.7. The van der Waals surface area contributed by atoms with Gasteiger partial charge in [-0.2, -0.15) is 0 Å². The zero-order valence-electron chi connectivity index (χ0n) is 20.9. The van der Waals surface area contributed by atoms with Crippen molar-refractivity contribution in [1.82, 2.24) is 20.4 Å². The molecule has 10 nitrogen and oxygen atoms in total. The average molecular weight is 518 g/mol. The van der Waals surface area contributed by atoms with E-state index in [1.807, 2.05) is 0 Å². The predicted octanol–water partition coefficient (Wildman–Crippen LogP) is 0.415. The number of aliphatic imine (C=N–C) groups is 1. The van der Waals surface area contributed by atoms with E-state index in [9.17, 15) is 32.8 Å². The van der Waals surface area contributed by atoms with E-state index in [0.717, 1.165) is 9.80 Å². The van der Waals surface area contributed by atoms with Crippen LogP contribution in [-0.2, 0) is 30.5 Å². The van der Waals surface area contributed by atoms with E-state index in [0.29, 0.717) is 11.1 Å². The molecule has 0 aromatic heterocycles. The summed E-state index contributed by atoms with van der Waals surface area (Å²) in [6.07, 6.45) is 0.947. The van der Waals surface area contributed by atoms with Gasteiger partial charge in [0.1, 0.15) is 11.7 Å². The Hall–Kier alpha value is -3.70. The Morgan fingerprint density at radius 1 is 1.16 bits per heavy atom. The second kappa shape index (κ2) is 9.64. The van der Waals surface area contributed by atoms with Gasteiger partial charge in [0.15, 0.2) is 6.04 Å². The molecule has 1 aliphatic carbocycles. The number of rotatable bonds is 5. The smallest absolute Gasteiger partial charge is 0.311 e. The number of hydrogen-bond acceptors (Lipinski definition) is 6. The molecule has 1 unspecified atom stereocenters. The van der Waals surface area contributed by atoms with Gasteiger partial charge in [0.2, 0.25) is 0 Å². The van der Waals surface area contributed by atoms with E-state index < -0.39 is 58.9 Å². The van der Waals surface area contributed by atoms with Crippen LogP contribution in [0.3, 0.4) is 0 Å². The molecule has 3 fully saturated rings. The molecule has 5 rings (SSSR count). The minimum atomic E-state index is -1.71. The van der Waals surface area contributed by atoms with Crippen molar-refractivity contribution in [1.29, 1.82) is 0 Å². The molecule has 2 bridgehead atoms. The molecule has 1 aromatic carbocycles. The molecule has 12 heteroatoms. The molecule has 4 amide bonds. The van der Waals surface area contributed by atoms with Crippen LogP contribution in [0.1, 0.15) is 36.8 Å². The molecular formula is C25H29F2N5O5. The van der Waals surface area contributed by atoms with E-state index in [1.165, 1.54) is 26.2 Å². The molecule has 198 valence electrons. The summed E-state index contributed by atoms with van der Waals surface area (Å²) in [6, 6.07) is 2.58. The normalized spacial score (nSPS) is 26.7. The van der Waals surface area contributed by atoms with Crippen LogP contribution in [0.4, 0.5) is 8.78 Å². The van der Waals surface area contributed by atoms with Crippen LogP contribution in [0, 0.1) is 18.2 Å². The lowest BCUT2D eigenvalue weighted by Crippen LogP contribution is -2.65. The zero-order chi connectivity index (χ0) is 27.1. The maximum absolute atomic E-state index is 14.2. The van der Waals surface area contributed by atoms with Crippen LogP contribution in [0.2, 0.25) is 0 Å². The average Bonchev–Trinajstić information content (AvgIpc) is 3.09. The van der Waals surface area contributed by atoms with Gasteiger partial charge in [0.25, 0.3) is 17.6 Å². The van der Waals surface area contributed by atoms with Gasteiger partial charge in [0.05, 0.1) is 12.2 Å². The van der Waals surface area contributed by atoms with Crippen molar-refractivity contribution in [2.45, 2.75) is 50.7 Å². The first-order valence-corrected chi connectivity index (χ1v) is 12.0. The lowest BCUT2D eigenvalue weighted by Gasteiger charge is -2.41. The topological polar surface area (TPSA) is 128 Å². The monoisotopic (exact) mass is 517 g/mol. The van der Waals surface area contributed by atoms with Gasteiger partial charge in [-0.15, -0.1) is 0 Å². The molecule has 2 saturated heterocycles. The van der Waals surface area contributed by atoms with Gasteiger partial charge < -0.3 is 15.5 Å². The van der Waals surface area contributed by atoms with E-state index in [1.54, 1.807) is 13.0 Å². The molecule has 2 N–H and O–H groups in total. The van der Waals surface area contributed by atoms with Crippen LogP contribution in [0.5, 0.6) is 0 Å². The van der Waals surface area contributed by atoms with Crippen LogP contribution < -0.4 is 10.6 Å². The number of hydrogen-bond donors (Lipinski definition) is 2. The molecule has 3 aliphatic heterocycles. The number of Topliss-reactive ketones (excluding diaryl/α,β-unsaturated/α-hetero) is 1. The third kappa shape index (κ3) is 4.72. The number of amidine groups is 1. The summed E-state index contributed by atoms with van der Waals surface area (Å²) in [5.74, 6) is -5.09. The molecule has 1 aromatic rings. The maximum atomic E-state index is 14.2. The Morgan fingerprint density at radius 3 is 2.43 bits per heavy atom. The lowest BCUT2D eigenvalue weighted by atomic mass is 9.69. The number of amides is 4. The van der Waals surface area contributed by atoms with Gasteiger partial charge in [0, 0.05) is 32.6 Å². The Labute approximate surface area is 212 Å². The fraction of sp³-hybridized carbons (Fsp3) is 0.520. The van der Waals surface area contributed by atoms with E-state index in [2.05, 4.69) is 15.6 Å². The minimum absolute atomic E-state index is 0.0115. The van der Waals surface area contributed by atoms with Gasteiger partial charge >= 0.3 is 11.8 Å². The van der Waals surface area contributed by atoms with Gasteiger partial charge in [-0.3, -0.25) is 33.3 Å². The third-order valence-corrected chi connectivity index (χ3v) is 7.47. The van der Waals surface area contributed by atoms with E-state index >= 15 is 0 Å². The van der Waals surface area contributed by atoms with Gasteiger partial charge in [-0.1, -0.05) is 12.1 Å². The lowest BCUT2D eigenvalue weighted by molar-refractivity contribution is -0.146. The molecule has 4 aliphatic rings. The van der Waals surface area contributed by atoms with Crippen LogP contribution >= 0.6 is 0 Å². The Kier molecular flexibility index (Phi) is 6.87. The molecule has 0 radical (unpaired) electrons. The number of carbonyl (C=O) groups is 5. The first kappa shape index (κ1) is 26.4. The number of alkyl halides is 1. The highest BCUT2D eigenvalue weighted by Gasteiger charge is 2.58. The zero-order valence-corrected chi connectivity index (χ0v) is 20.9. The Balaban J connectivity index is 1.67. The third-order valence-electron chi connectivity index (χ3n) is 7.47. The van der Waals surface area contributed by atoms with Crippen LogP contribution in [0.25, 0.3) is 0 Å². The number of ketones is 1. The van der Waals surface area contributed by atoms with Crippen molar-refractivity contribution < 1.29 is 32.8 Å². The first-order chi connectivity index (χ1) is 17.4. The molecule has 3 heterocycles. The summed E-state index contributed by atoms with van der Waals surface area (Å²) in [6.45, 7) is 0.691. The maximum Gasteiger partial charge on any atom is 0.311 e. The van der Waals surface area contributed by atoms with E-state index in [-0.39, 0.29) is 44.6 Å². The van der Waals surface area contributed by atoms with Gasteiger partial charge in [-0.05, 0) is 49.8 Å². The molecule has 0 spiro atoms. The summed E-state index contributed by atoms with van der Waals surface area (Å²) in [7, 11) is 2.83. The SMILES string of the molecule is Cc1cc(CNC(=O)C2N=C3N(CC4(CF)CCC3(NC(=O)C(=O)N(C)C)CC4)C(=O)C2=O)ccc1F. The second-order valence-electron chi connectivity index (χ2n) is 10.3. The molecule has 1 saturated carbocycles. The number of nitrogens with zero attached hydrogens (tertiary/aromatic N) is 3. The fourth-order valence-electron chi connectivity index (χ4n) is 5.16. The highest BCUT2D eigenvalue weighted by Crippen LogP contribution is 2.47. The minimum Gasteiger partial charge on any atom is -0.350 e. The number of aryl methyl sites for hydroxylation is 1. The summed E-state index contributed by atoms with van der Waals surface area (Å²) in [5, 5.41) is 5.25. The summed E-state index contributed by atoms with van der Waals surface area (Å²) >= 11 is 0. The van der Waals surface area contributed by atoms with E-state index in [4.69, 9.17) is 0 Å². The predicted molar refractivity (Wildman–Crippen MR) is 127 cm³/mol. The van der Waals surface area contributed by atoms with Crippen molar-refractivity contribution >= 4 is 35.2 Å². The fourth-order valence-corrected chi connectivity index (χ4v) is 5.16. The Morgan fingerprint density at radius 2 is 1.84 bits per heavy atom. The molecule has 1 atom stereocenters. The number of benzene rings is 1. The highest BCUT2D eigenvalue weighted by molar-refractivity contribution is 6.46. The first-order valence-electron chi connectivity index (χ1n) is 12.0. The van der Waals surface area contributed by atoms with Crippen molar-refractivity contribution in [3.05, 3.63) is 35.1 Å². The number of carbonyl (C=O) groups excluding carboxylic acids is 5. The van der Waals surface area contributed by atoms with Crippen LogP contribution in [-0.4, -0.2) is 83.9 Å². The number of likely N-dealkylation sites (N-methyl/N-ethyl adjacent to an activating group) is 1. The Bertz CT molecular complexity index is 1210. The highest BCUT2D eigenvalue weighted by atomic mass is 19.1. The quantitative estimate of drug-likeness (QED) is 0.432. The second-order valence-corrected chi connectivity index (χ2v) is 10.3.